The van der Waals surface area contributed by atoms with Gasteiger partial charge in [-0.1, -0.05) is 49.7 Å². The van der Waals surface area contributed by atoms with Crippen molar-refractivity contribution >= 4 is 39.1 Å². The van der Waals surface area contributed by atoms with Gasteiger partial charge in [-0.05, 0) is 56.0 Å². The van der Waals surface area contributed by atoms with Crippen LogP contribution in [0.2, 0.25) is 5.02 Å². The minimum Gasteiger partial charge on any atom is -0.495 e. The molecule has 1 N–H and O–H groups in total. The summed E-state index contributed by atoms with van der Waals surface area (Å²) in [6.45, 7) is 6.11. The van der Waals surface area contributed by atoms with Crippen LogP contribution in [0.1, 0.15) is 52.0 Å². The largest absolute Gasteiger partial charge is 0.495 e. The summed E-state index contributed by atoms with van der Waals surface area (Å²) in [5, 5.41) is 3.57. The number of methoxy groups -OCH3 is 1. The summed E-state index contributed by atoms with van der Waals surface area (Å²) in [5.41, 5.74) is 1.26. The first kappa shape index (κ1) is 30.4. The number of hydrogen-bond acceptors (Lipinski definition) is 5. The predicted octanol–water partition coefficient (Wildman–Crippen LogP) is 4.62. The number of ether oxygens (including phenoxy) is 1. The Bertz CT molecular complexity index is 1140. The lowest BCUT2D eigenvalue weighted by molar-refractivity contribution is -0.141. The Balaban J connectivity index is 2.24. The number of halogens is 1. The van der Waals surface area contributed by atoms with Gasteiger partial charge >= 0.3 is 0 Å². The van der Waals surface area contributed by atoms with E-state index in [0.717, 1.165) is 18.2 Å². The molecule has 2 rings (SSSR count). The zero-order chi connectivity index (χ0) is 27.6. The van der Waals surface area contributed by atoms with E-state index in [-0.39, 0.29) is 43.8 Å². The lowest BCUT2D eigenvalue weighted by atomic mass is 10.1. The summed E-state index contributed by atoms with van der Waals surface area (Å²) in [6.07, 6.45) is 2.68. The maximum atomic E-state index is 13.5. The third-order valence-electron chi connectivity index (χ3n) is 6.16. The highest BCUT2D eigenvalue weighted by Gasteiger charge is 2.29. The standard InChI is InChI=1S/C27H38ClN3O5S/c1-6-20(3)29-27(33)23(7-2)30(19-21-14-16-22(28)17-15-21)26(32)13-10-18-31(37(5,34)35)24-11-8-9-12-25(24)36-4/h8-9,11-12,14-17,20,23H,6-7,10,13,18-19H2,1-5H3,(H,29,33)/t20-,23-/m0/s1. The first-order valence-electron chi connectivity index (χ1n) is 12.5. The predicted molar refractivity (Wildman–Crippen MR) is 148 cm³/mol. The highest BCUT2D eigenvalue weighted by Crippen LogP contribution is 2.30. The fourth-order valence-electron chi connectivity index (χ4n) is 3.97. The Morgan fingerprint density at radius 3 is 2.27 bits per heavy atom. The maximum absolute atomic E-state index is 13.5. The van der Waals surface area contributed by atoms with Crippen molar-refractivity contribution in [2.24, 2.45) is 0 Å². The van der Waals surface area contributed by atoms with Gasteiger partial charge in [-0.3, -0.25) is 13.9 Å². The van der Waals surface area contributed by atoms with Crippen LogP contribution in [0.25, 0.3) is 0 Å². The molecule has 0 saturated carbocycles. The van der Waals surface area contributed by atoms with E-state index < -0.39 is 16.1 Å². The second-order valence-corrected chi connectivity index (χ2v) is 11.3. The molecule has 2 amide bonds. The van der Waals surface area contributed by atoms with Crippen molar-refractivity contribution in [1.82, 2.24) is 10.2 Å². The molecule has 8 nitrogen and oxygen atoms in total. The number of carbonyl (C=O) groups is 2. The van der Waals surface area contributed by atoms with E-state index in [1.54, 1.807) is 41.3 Å². The maximum Gasteiger partial charge on any atom is 0.243 e. The monoisotopic (exact) mass is 551 g/mol. The number of hydrogen-bond donors (Lipinski definition) is 1. The molecule has 0 fully saturated rings. The van der Waals surface area contributed by atoms with Gasteiger partial charge in [0, 0.05) is 30.6 Å². The molecule has 0 spiro atoms. The minimum atomic E-state index is -3.62. The van der Waals surface area contributed by atoms with Crippen molar-refractivity contribution in [2.45, 2.75) is 65.1 Å². The number of nitrogens with zero attached hydrogens (tertiary/aromatic N) is 2. The Kier molecular flexibility index (Phi) is 11.7. The van der Waals surface area contributed by atoms with Crippen LogP contribution in [0.3, 0.4) is 0 Å². The molecule has 10 heteroatoms. The summed E-state index contributed by atoms with van der Waals surface area (Å²) in [6, 6.07) is 13.3. The SMILES string of the molecule is CC[C@H](C)NC(=O)[C@H](CC)N(Cc1ccc(Cl)cc1)C(=O)CCCN(c1ccccc1OC)S(C)(=O)=O. The van der Waals surface area contributed by atoms with Gasteiger partial charge in [0.05, 0.1) is 19.1 Å². The fraction of sp³-hybridized carbons (Fsp3) is 0.481. The van der Waals surface area contributed by atoms with Gasteiger partial charge in [0.1, 0.15) is 11.8 Å². The van der Waals surface area contributed by atoms with Crippen molar-refractivity contribution in [3.63, 3.8) is 0 Å². The number of sulfonamides is 1. The number of rotatable bonds is 14. The average molecular weight is 552 g/mol. The molecule has 2 aromatic carbocycles. The van der Waals surface area contributed by atoms with E-state index in [1.807, 2.05) is 32.9 Å². The van der Waals surface area contributed by atoms with Crippen molar-refractivity contribution in [2.75, 3.05) is 24.2 Å². The summed E-state index contributed by atoms with van der Waals surface area (Å²) in [5.74, 6) is -0.00287. The second-order valence-electron chi connectivity index (χ2n) is 9.00. The third-order valence-corrected chi connectivity index (χ3v) is 7.59. The number of amides is 2. The number of carbonyl (C=O) groups excluding carboxylic acids is 2. The molecule has 0 unspecified atom stereocenters. The van der Waals surface area contributed by atoms with Gasteiger partial charge in [-0.25, -0.2) is 8.42 Å². The molecule has 37 heavy (non-hydrogen) atoms. The molecule has 0 aliphatic carbocycles. The molecule has 204 valence electrons. The Morgan fingerprint density at radius 2 is 1.70 bits per heavy atom. The molecule has 0 aromatic heterocycles. The summed E-state index contributed by atoms with van der Waals surface area (Å²) in [4.78, 5) is 28.1. The van der Waals surface area contributed by atoms with Gasteiger partial charge in [-0.15, -0.1) is 0 Å². The van der Waals surface area contributed by atoms with Crippen LogP contribution in [-0.4, -0.2) is 57.1 Å². The van der Waals surface area contributed by atoms with E-state index in [9.17, 15) is 18.0 Å². The lowest BCUT2D eigenvalue weighted by Gasteiger charge is -2.32. The van der Waals surface area contributed by atoms with Gasteiger partial charge in [0.15, 0.2) is 0 Å². The van der Waals surface area contributed by atoms with Crippen molar-refractivity contribution in [3.05, 3.63) is 59.1 Å². The first-order chi connectivity index (χ1) is 17.5. The van der Waals surface area contributed by atoms with E-state index in [1.165, 1.54) is 11.4 Å². The van der Waals surface area contributed by atoms with E-state index in [4.69, 9.17) is 16.3 Å². The van der Waals surface area contributed by atoms with Crippen molar-refractivity contribution < 1.29 is 22.7 Å². The molecule has 0 heterocycles. The molecular formula is C27H38ClN3O5S. The Labute approximate surface area is 226 Å². The van der Waals surface area contributed by atoms with Gasteiger partial charge < -0.3 is 15.0 Å². The quantitative estimate of drug-likeness (QED) is 0.370. The highest BCUT2D eigenvalue weighted by atomic mass is 35.5. The van der Waals surface area contributed by atoms with E-state index >= 15 is 0 Å². The zero-order valence-corrected chi connectivity index (χ0v) is 23.8. The van der Waals surface area contributed by atoms with Crippen LogP contribution >= 0.6 is 11.6 Å². The molecule has 2 aromatic rings. The molecule has 0 saturated heterocycles. The number of benzene rings is 2. The van der Waals surface area contributed by atoms with Crippen LogP contribution in [0.5, 0.6) is 5.75 Å². The smallest absolute Gasteiger partial charge is 0.243 e. The van der Waals surface area contributed by atoms with Crippen molar-refractivity contribution in [1.29, 1.82) is 0 Å². The topological polar surface area (TPSA) is 96.0 Å². The number of para-hydroxylation sites is 2. The van der Waals surface area contributed by atoms with Crippen LogP contribution in [-0.2, 0) is 26.2 Å². The van der Waals surface area contributed by atoms with Crippen molar-refractivity contribution in [3.8, 4) is 5.75 Å². The van der Waals surface area contributed by atoms with E-state index in [0.29, 0.717) is 22.9 Å². The minimum absolute atomic E-state index is 0.0156. The molecule has 0 aliphatic rings. The molecule has 2 atom stereocenters. The number of anilines is 1. The van der Waals surface area contributed by atoms with Crippen LogP contribution < -0.4 is 14.4 Å². The summed E-state index contributed by atoms with van der Waals surface area (Å²) in [7, 11) is -2.14. The third kappa shape index (κ3) is 8.93. The van der Waals surface area contributed by atoms with Gasteiger partial charge in [0.25, 0.3) is 0 Å². The summed E-state index contributed by atoms with van der Waals surface area (Å²) < 4.78 is 31.7. The summed E-state index contributed by atoms with van der Waals surface area (Å²) >= 11 is 6.02. The Morgan fingerprint density at radius 1 is 1.05 bits per heavy atom. The zero-order valence-electron chi connectivity index (χ0n) is 22.2. The van der Waals surface area contributed by atoms with Crippen LogP contribution in [0, 0.1) is 0 Å². The Hall–Kier alpha value is -2.78. The van der Waals surface area contributed by atoms with E-state index in [2.05, 4.69) is 5.32 Å². The first-order valence-corrected chi connectivity index (χ1v) is 14.7. The normalized spacial score (nSPS) is 12.9. The molecule has 0 aliphatic heterocycles. The molecule has 0 radical (unpaired) electrons. The fourth-order valence-corrected chi connectivity index (χ4v) is 5.06. The second kappa shape index (κ2) is 14.2. The van der Waals surface area contributed by atoms with Crippen LogP contribution in [0.15, 0.2) is 48.5 Å². The van der Waals surface area contributed by atoms with Crippen LogP contribution in [0.4, 0.5) is 5.69 Å². The van der Waals surface area contributed by atoms with Gasteiger partial charge in [0.2, 0.25) is 21.8 Å². The number of nitrogens with one attached hydrogen (secondary N) is 1. The lowest BCUT2D eigenvalue weighted by Crippen LogP contribution is -2.50. The molecular weight excluding hydrogens is 514 g/mol. The molecule has 0 bridgehead atoms. The highest BCUT2D eigenvalue weighted by molar-refractivity contribution is 7.92. The average Bonchev–Trinajstić information content (AvgIpc) is 2.86. The van der Waals surface area contributed by atoms with Gasteiger partial charge in [-0.2, -0.15) is 0 Å².